The van der Waals surface area contributed by atoms with Gasteiger partial charge in [-0.15, -0.1) is 0 Å². The van der Waals surface area contributed by atoms with Gasteiger partial charge in [0, 0.05) is 19.1 Å². The van der Waals surface area contributed by atoms with Crippen LogP contribution in [0, 0.1) is 5.41 Å². The third kappa shape index (κ3) is 3.37. The van der Waals surface area contributed by atoms with Crippen LogP contribution in [-0.4, -0.2) is 40.8 Å². The fourth-order valence-electron chi connectivity index (χ4n) is 2.17. The van der Waals surface area contributed by atoms with Crippen LogP contribution in [0.1, 0.15) is 58.5 Å². The molecule has 1 aliphatic heterocycles. The summed E-state index contributed by atoms with van der Waals surface area (Å²) in [4.78, 5) is 6.79. The van der Waals surface area contributed by atoms with E-state index in [1.165, 1.54) is 0 Å². The summed E-state index contributed by atoms with van der Waals surface area (Å²) in [6.45, 7) is 13.0. The normalized spacial score (nSPS) is 23.2. The Morgan fingerprint density at radius 3 is 2.65 bits per heavy atom. The van der Waals surface area contributed by atoms with Crippen LogP contribution in [0.4, 0.5) is 0 Å². The van der Waals surface area contributed by atoms with E-state index < -0.39 is 0 Å². The quantitative estimate of drug-likeness (QED) is 0.912. The van der Waals surface area contributed by atoms with Gasteiger partial charge in [0.25, 0.3) is 0 Å². The molecule has 0 radical (unpaired) electrons. The highest BCUT2D eigenvalue weighted by molar-refractivity contribution is 5.00. The van der Waals surface area contributed by atoms with Crippen molar-refractivity contribution in [2.45, 2.75) is 52.8 Å². The van der Waals surface area contributed by atoms with Gasteiger partial charge in [-0.3, -0.25) is 4.90 Å². The van der Waals surface area contributed by atoms with Crippen LogP contribution in [0.15, 0.2) is 4.52 Å². The molecule has 0 saturated carbocycles. The fourth-order valence-corrected chi connectivity index (χ4v) is 2.17. The zero-order valence-corrected chi connectivity index (χ0v) is 13.1. The van der Waals surface area contributed by atoms with Gasteiger partial charge in [0.1, 0.15) is 6.10 Å². The number of ether oxygens (including phenoxy) is 1. The van der Waals surface area contributed by atoms with Crippen molar-refractivity contribution in [3.05, 3.63) is 11.7 Å². The summed E-state index contributed by atoms with van der Waals surface area (Å²) in [7, 11) is 0. The lowest BCUT2D eigenvalue weighted by Crippen LogP contribution is -2.42. The second kappa shape index (κ2) is 5.79. The number of hydrogen-bond acceptors (Lipinski definition) is 6. The third-order valence-corrected chi connectivity index (χ3v) is 3.77. The van der Waals surface area contributed by atoms with Gasteiger partial charge < -0.3 is 15.0 Å². The van der Waals surface area contributed by atoms with Gasteiger partial charge >= 0.3 is 0 Å². The first-order valence-electron chi connectivity index (χ1n) is 7.23. The number of morpholine rings is 1. The molecule has 1 saturated heterocycles. The molecule has 2 N–H and O–H groups in total. The van der Waals surface area contributed by atoms with Crippen LogP contribution in [0.3, 0.4) is 0 Å². The van der Waals surface area contributed by atoms with E-state index in [1.54, 1.807) is 0 Å². The molecule has 1 aromatic rings. The van der Waals surface area contributed by atoms with Crippen molar-refractivity contribution in [3.63, 3.8) is 0 Å². The van der Waals surface area contributed by atoms with Crippen LogP contribution < -0.4 is 5.73 Å². The van der Waals surface area contributed by atoms with Gasteiger partial charge in [-0.05, 0) is 19.3 Å². The van der Waals surface area contributed by atoms with Crippen LogP contribution in [0.5, 0.6) is 0 Å². The standard InChI is InChI=1S/C14H26N4O2/c1-9(2)18-6-7-19-10(8-18)12-16-13(20-17-12)11(15)14(3,4)5/h9-11H,6-8,15H2,1-5H3. The summed E-state index contributed by atoms with van der Waals surface area (Å²) in [5.41, 5.74) is 6.03. The van der Waals surface area contributed by atoms with Crippen molar-refractivity contribution in [2.75, 3.05) is 19.7 Å². The number of rotatable bonds is 3. The maximum absolute atomic E-state index is 6.14. The number of nitrogens with zero attached hydrogens (tertiary/aromatic N) is 3. The second-order valence-corrected chi connectivity index (χ2v) is 6.78. The van der Waals surface area contributed by atoms with Gasteiger partial charge in [-0.2, -0.15) is 4.98 Å². The van der Waals surface area contributed by atoms with E-state index in [2.05, 4.69) is 49.7 Å². The van der Waals surface area contributed by atoms with Crippen molar-refractivity contribution in [2.24, 2.45) is 11.1 Å². The average Bonchev–Trinajstić information content (AvgIpc) is 2.86. The molecule has 2 atom stereocenters. The minimum Gasteiger partial charge on any atom is -0.367 e. The Labute approximate surface area is 120 Å². The molecule has 6 nitrogen and oxygen atoms in total. The van der Waals surface area contributed by atoms with E-state index in [4.69, 9.17) is 15.0 Å². The molecule has 6 heteroatoms. The molecule has 1 aromatic heterocycles. The third-order valence-electron chi connectivity index (χ3n) is 3.77. The zero-order valence-electron chi connectivity index (χ0n) is 13.1. The molecule has 0 aliphatic carbocycles. The van der Waals surface area contributed by atoms with Gasteiger partial charge in [0.2, 0.25) is 11.7 Å². The summed E-state index contributed by atoms with van der Waals surface area (Å²) in [6, 6.07) is 0.221. The van der Waals surface area contributed by atoms with Crippen LogP contribution in [-0.2, 0) is 4.74 Å². The Bertz CT molecular complexity index is 439. The molecule has 0 bridgehead atoms. The monoisotopic (exact) mass is 282 g/mol. The van der Waals surface area contributed by atoms with Crippen LogP contribution >= 0.6 is 0 Å². The highest BCUT2D eigenvalue weighted by Crippen LogP contribution is 2.30. The van der Waals surface area contributed by atoms with Crippen LogP contribution in [0.25, 0.3) is 0 Å². The van der Waals surface area contributed by atoms with E-state index in [-0.39, 0.29) is 17.6 Å². The van der Waals surface area contributed by atoms with Gasteiger partial charge in [-0.25, -0.2) is 0 Å². The van der Waals surface area contributed by atoms with Crippen molar-refractivity contribution in [1.29, 1.82) is 0 Å². The molecule has 1 aliphatic rings. The topological polar surface area (TPSA) is 77.4 Å². The molecule has 2 unspecified atom stereocenters. The zero-order chi connectivity index (χ0) is 14.9. The van der Waals surface area contributed by atoms with Crippen molar-refractivity contribution >= 4 is 0 Å². The van der Waals surface area contributed by atoms with E-state index in [0.717, 1.165) is 13.1 Å². The smallest absolute Gasteiger partial charge is 0.244 e. The van der Waals surface area contributed by atoms with Crippen molar-refractivity contribution in [3.8, 4) is 0 Å². The predicted molar refractivity (Wildman–Crippen MR) is 76.1 cm³/mol. The van der Waals surface area contributed by atoms with Gasteiger partial charge in [-0.1, -0.05) is 25.9 Å². The van der Waals surface area contributed by atoms with E-state index in [0.29, 0.717) is 24.4 Å². The van der Waals surface area contributed by atoms with E-state index >= 15 is 0 Å². The molecule has 2 heterocycles. The molecule has 20 heavy (non-hydrogen) atoms. The lowest BCUT2D eigenvalue weighted by atomic mass is 9.87. The highest BCUT2D eigenvalue weighted by Gasteiger charge is 2.31. The maximum Gasteiger partial charge on any atom is 0.244 e. The first-order chi connectivity index (χ1) is 9.29. The first kappa shape index (κ1) is 15.4. The molecular formula is C14H26N4O2. The molecular weight excluding hydrogens is 256 g/mol. The summed E-state index contributed by atoms with van der Waals surface area (Å²) in [5.74, 6) is 1.09. The molecule has 0 amide bonds. The minimum absolute atomic E-state index is 0.110. The summed E-state index contributed by atoms with van der Waals surface area (Å²) >= 11 is 0. The minimum atomic E-state index is -0.270. The molecule has 0 aromatic carbocycles. The van der Waals surface area contributed by atoms with E-state index in [9.17, 15) is 0 Å². The van der Waals surface area contributed by atoms with Gasteiger partial charge in [0.05, 0.1) is 12.6 Å². The Morgan fingerprint density at radius 1 is 1.35 bits per heavy atom. The molecule has 114 valence electrons. The van der Waals surface area contributed by atoms with Gasteiger partial charge in [0.15, 0.2) is 0 Å². The number of hydrogen-bond donors (Lipinski definition) is 1. The number of nitrogens with two attached hydrogens (primary N) is 1. The maximum atomic E-state index is 6.14. The first-order valence-corrected chi connectivity index (χ1v) is 7.23. The van der Waals surface area contributed by atoms with Crippen molar-refractivity contribution < 1.29 is 9.26 Å². The Balaban J connectivity index is 2.09. The Morgan fingerprint density at radius 2 is 2.05 bits per heavy atom. The predicted octanol–water partition coefficient (Wildman–Crippen LogP) is 1.90. The molecule has 2 rings (SSSR count). The number of aromatic nitrogens is 2. The van der Waals surface area contributed by atoms with Crippen molar-refractivity contribution in [1.82, 2.24) is 15.0 Å². The SMILES string of the molecule is CC(C)N1CCOC(c2noc(C(N)C(C)(C)C)n2)C1. The largest absolute Gasteiger partial charge is 0.367 e. The lowest BCUT2D eigenvalue weighted by Gasteiger charge is -2.34. The summed E-state index contributed by atoms with van der Waals surface area (Å²) in [6.07, 6.45) is -0.129. The summed E-state index contributed by atoms with van der Waals surface area (Å²) < 4.78 is 11.1. The Kier molecular flexibility index (Phi) is 4.46. The highest BCUT2D eigenvalue weighted by atomic mass is 16.5. The molecule has 0 spiro atoms. The Hall–Kier alpha value is -0.980. The van der Waals surface area contributed by atoms with Crippen LogP contribution in [0.2, 0.25) is 0 Å². The van der Waals surface area contributed by atoms with E-state index in [1.807, 2.05) is 0 Å². The average molecular weight is 282 g/mol. The second-order valence-electron chi connectivity index (χ2n) is 6.78. The lowest BCUT2D eigenvalue weighted by molar-refractivity contribution is -0.0450. The fraction of sp³-hybridized carbons (Fsp3) is 0.857. The summed E-state index contributed by atoms with van der Waals surface area (Å²) in [5, 5.41) is 4.05. The molecule has 1 fully saturated rings.